The zero-order valence-electron chi connectivity index (χ0n) is 12.8. The Balaban J connectivity index is 1.82. The molecule has 0 aromatic heterocycles. The minimum Gasteiger partial charge on any atom is -0.295 e. The van der Waals surface area contributed by atoms with E-state index in [4.69, 9.17) is 0 Å². The Bertz CT molecular complexity index is 593. The third kappa shape index (κ3) is 1.09. The molecule has 0 amide bonds. The molecule has 0 N–H and O–H groups in total. The van der Waals surface area contributed by atoms with Crippen LogP contribution in [0.3, 0.4) is 0 Å². The van der Waals surface area contributed by atoms with Crippen LogP contribution in [0, 0.1) is 35.0 Å². The minimum atomic E-state index is -1.41. The summed E-state index contributed by atoms with van der Waals surface area (Å²) in [5, 5.41) is 1.66. The predicted octanol–water partition coefficient (Wildman–Crippen LogP) is 3.98. The monoisotopic (exact) mass is 284 g/mol. The van der Waals surface area contributed by atoms with Gasteiger partial charge in [0.05, 0.1) is 8.07 Å². The number of carbonyl (C=O) groups excluding carboxylic acids is 1. The molecule has 6 aliphatic rings. The zero-order chi connectivity index (χ0) is 13.9. The molecule has 3 fully saturated rings. The van der Waals surface area contributed by atoms with E-state index in [2.05, 4.69) is 31.8 Å². The fourth-order valence-electron chi connectivity index (χ4n) is 6.79. The van der Waals surface area contributed by atoms with Gasteiger partial charge in [-0.25, -0.2) is 0 Å². The Morgan fingerprint density at radius 1 is 1.25 bits per heavy atom. The molecule has 2 heteroatoms. The van der Waals surface area contributed by atoms with Crippen molar-refractivity contribution in [2.24, 2.45) is 35.0 Å². The molecule has 0 saturated heterocycles. The standard InChI is InChI=1S/C18H24OSi/c1-20(2,3)17-11-7-6-10-12-9-13(11)18(15(10)12)8-4-5-14(19)16(17)18/h6-7,10-13,15H,4-5,8-9H2,1-3H3. The van der Waals surface area contributed by atoms with Gasteiger partial charge in [-0.1, -0.05) is 37.0 Å². The molecule has 6 rings (SSSR count). The van der Waals surface area contributed by atoms with Crippen LogP contribution in [-0.4, -0.2) is 13.9 Å². The van der Waals surface area contributed by atoms with Gasteiger partial charge >= 0.3 is 0 Å². The first-order chi connectivity index (χ1) is 9.46. The van der Waals surface area contributed by atoms with E-state index in [9.17, 15) is 4.79 Å². The largest absolute Gasteiger partial charge is 0.295 e. The van der Waals surface area contributed by atoms with Crippen LogP contribution in [0.25, 0.3) is 0 Å². The van der Waals surface area contributed by atoms with Crippen molar-refractivity contribution < 1.29 is 4.79 Å². The molecular formula is C18H24OSi. The smallest absolute Gasteiger partial charge is 0.159 e. The second-order valence-electron chi connectivity index (χ2n) is 8.88. The summed E-state index contributed by atoms with van der Waals surface area (Å²) in [7, 11) is -1.41. The molecule has 0 aromatic carbocycles. The van der Waals surface area contributed by atoms with Crippen molar-refractivity contribution in [1.29, 1.82) is 0 Å². The van der Waals surface area contributed by atoms with E-state index in [1.54, 1.807) is 5.20 Å². The molecule has 20 heavy (non-hydrogen) atoms. The van der Waals surface area contributed by atoms with Crippen molar-refractivity contribution in [2.75, 3.05) is 0 Å². The van der Waals surface area contributed by atoms with Gasteiger partial charge in [-0.15, -0.1) is 0 Å². The number of hydrogen-bond donors (Lipinski definition) is 0. The van der Waals surface area contributed by atoms with E-state index in [0.717, 1.165) is 36.5 Å². The molecule has 6 bridgehead atoms. The number of rotatable bonds is 1. The molecular weight excluding hydrogens is 260 g/mol. The maximum absolute atomic E-state index is 12.9. The van der Waals surface area contributed by atoms with Gasteiger partial charge in [0.1, 0.15) is 0 Å². The molecule has 0 aliphatic heterocycles. The summed E-state index contributed by atoms with van der Waals surface area (Å²) in [4.78, 5) is 12.9. The van der Waals surface area contributed by atoms with E-state index in [0.29, 0.717) is 17.1 Å². The minimum absolute atomic E-state index is 0.342. The van der Waals surface area contributed by atoms with Gasteiger partial charge in [0.2, 0.25) is 0 Å². The molecule has 6 unspecified atom stereocenters. The predicted molar refractivity (Wildman–Crippen MR) is 82.9 cm³/mol. The van der Waals surface area contributed by atoms with Crippen molar-refractivity contribution in [3.05, 3.63) is 22.9 Å². The number of Topliss-reactive ketones (excluding diaryl/α,β-unsaturated/α-hetero) is 1. The average molecular weight is 284 g/mol. The summed E-state index contributed by atoms with van der Waals surface area (Å²) < 4.78 is 0. The topological polar surface area (TPSA) is 17.1 Å². The van der Waals surface area contributed by atoms with Crippen LogP contribution in [0.5, 0.6) is 0 Å². The molecule has 3 saturated carbocycles. The first-order valence-electron chi connectivity index (χ1n) is 8.43. The number of allylic oxidation sites excluding steroid dienone is 4. The molecule has 1 nitrogen and oxygen atoms in total. The fraction of sp³-hybridized carbons (Fsp3) is 0.722. The van der Waals surface area contributed by atoms with Crippen LogP contribution < -0.4 is 0 Å². The van der Waals surface area contributed by atoms with Crippen molar-refractivity contribution >= 4 is 13.9 Å². The van der Waals surface area contributed by atoms with Crippen LogP contribution in [0.1, 0.15) is 25.7 Å². The summed E-state index contributed by atoms with van der Waals surface area (Å²) in [5.41, 5.74) is 1.74. The van der Waals surface area contributed by atoms with Crippen LogP contribution in [0.15, 0.2) is 22.9 Å². The molecule has 6 aliphatic carbocycles. The van der Waals surface area contributed by atoms with E-state index in [1.165, 1.54) is 18.4 Å². The van der Waals surface area contributed by atoms with E-state index >= 15 is 0 Å². The lowest BCUT2D eigenvalue weighted by molar-refractivity contribution is -0.118. The van der Waals surface area contributed by atoms with Gasteiger partial charge in [-0.3, -0.25) is 4.79 Å². The summed E-state index contributed by atoms with van der Waals surface area (Å²) in [6, 6.07) is 0. The molecule has 106 valence electrons. The van der Waals surface area contributed by atoms with Crippen molar-refractivity contribution in [3.63, 3.8) is 0 Å². The Kier molecular flexibility index (Phi) is 1.94. The SMILES string of the molecule is C[Si](C)(C)C1=C2C(=O)CCCC23C2CC4C(C=CC12)C43. The molecule has 6 atom stereocenters. The van der Waals surface area contributed by atoms with Crippen molar-refractivity contribution in [2.45, 2.75) is 45.3 Å². The third-order valence-corrected chi connectivity index (χ3v) is 9.33. The number of hydrogen-bond acceptors (Lipinski definition) is 1. The summed E-state index contributed by atoms with van der Waals surface area (Å²) in [5.74, 6) is 4.60. The van der Waals surface area contributed by atoms with Gasteiger partial charge in [0.15, 0.2) is 5.78 Å². The second-order valence-corrected chi connectivity index (χ2v) is 13.9. The maximum atomic E-state index is 12.9. The normalized spacial score (nSPS) is 51.4. The highest BCUT2D eigenvalue weighted by atomic mass is 28.3. The highest BCUT2D eigenvalue weighted by Gasteiger charge is 2.75. The first kappa shape index (κ1) is 12.0. The van der Waals surface area contributed by atoms with Crippen LogP contribution in [0.4, 0.5) is 0 Å². The van der Waals surface area contributed by atoms with E-state index in [-0.39, 0.29) is 0 Å². The number of ketones is 1. The van der Waals surface area contributed by atoms with Crippen LogP contribution in [-0.2, 0) is 4.79 Å². The summed E-state index contributed by atoms with van der Waals surface area (Å²) >= 11 is 0. The Morgan fingerprint density at radius 2 is 2.05 bits per heavy atom. The highest BCUT2D eigenvalue weighted by molar-refractivity contribution is 6.83. The van der Waals surface area contributed by atoms with Gasteiger partial charge in [0.25, 0.3) is 0 Å². The first-order valence-corrected chi connectivity index (χ1v) is 11.9. The van der Waals surface area contributed by atoms with Gasteiger partial charge in [0, 0.05) is 11.8 Å². The van der Waals surface area contributed by atoms with Crippen LogP contribution in [0.2, 0.25) is 19.6 Å². The molecule has 0 radical (unpaired) electrons. The quantitative estimate of drug-likeness (QED) is 0.526. The van der Waals surface area contributed by atoms with E-state index < -0.39 is 8.07 Å². The van der Waals surface area contributed by atoms with Crippen molar-refractivity contribution in [3.8, 4) is 0 Å². The second kappa shape index (κ2) is 3.24. The summed E-state index contributed by atoms with van der Waals surface area (Å²) in [6.45, 7) is 7.36. The lowest BCUT2D eigenvalue weighted by atomic mass is 9.63. The fourth-order valence-corrected chi connectivity index (χ4v) is 9.21. The molecule has 0 heterocycles. The average Bonchev–Trinajstić information content (AvgIpc) is 2.88. The lowest BCUT2D eigenvalue weighted by Crippen LogP contribution is -2.36. The van der Waals surface area contributed by atoms with Gasteiger partial charge in [-0.05, 0) is 54.4 Å². The molecule has 0 aromatic rings. The van der Waals surface area contributed by atoms with Gasteiger partial charge in [-0.2, -0.15) is 0 Å². The number of carbonyl (C=O) groups is 1. The maximum Gasteiger partial charge on any atom is 0.159 e. The third-order valence-electron chi connectivity index (χ3n) is 7.14. The zero-order valence-corrected chi connectivity index (χ0v) is 13.8. The highest BCUT2D eigenvalue weighted by Crippen LogP contribution is 2.80. The summed E-state index contributed by atoms with van der Waals surface area (Å²) in [6.07, 6.45) is 9.80. The van der Waals surface area contributed by atoms with Gasteiger partial charge < -0.3 is 0 Å². The van der Waals surface area contributed by atoms with Crippen LogP contribution >= 0.6 is 0 Å². The Labute approximate surface area is 122 Å². The van der Waals surface area contributed by atoms with E-state index in [1.807, 2.05) is 0 Å². The Morgan fingerprint density at radius 3 is 2.80 bits per heavy atom. The van der Waals surface area contributed by atoms with Crippen molar-refractivity contribution in [1.82, 2.24) is 0 Å². The molecule has 1 spiro atoms. The Hall–Kier alpha value is -0.633. The lowest BCUT2D eigenvalue weighted by Gasteiger charge is -2.39.